The highest BCUT2D eigenvalue weighted by Gasteiger charge is 2.42. The molecule has 120 valence electrons. The topological polar surface area (TPSA) is 72.9 Å². The Morgan fingerprint density at radius 2 is 1.67 bits per heavy atom. The monoisotopic (exact) mass is 299 g/mol. The van der Waals surface area contributed by atoms with Gasteiger partial charge in [-0.25, -0.2) is 4.79 Å². The van der Waals surface area contributed by atoms with Gasteiger partial charge in [0.1, 0.15) is 17.2 Å². The molecule has 2 atom stereocenters. The quantitative estimate of drug-likeness (QED) is 0.743. The van der Waals surface area contributed by atoms with Gasteiger partial charge in [-0.3, -0.25) is 14.5 Å². The minimum absolute atomic E-state index is 0.160. The van der Waals surface area contributed by atoms with Crippen molar-refractivity contribution in [3.63, 3.8) is 0 Å². The summed E-state index contributed by atoms with van der Waals surface area (Å²) < 4.78 is 10.8. The molecule has 0 aromatic heterocycles. The first-order chi connectivity index (χ1) is 9.54. The van der Waals surface area contributed by atoms with Gasteiger partial charge in [0.25, 0.3) is 0 Å². The second kappa shape index (κ2) is 6.56. The SMILES string of the molecule is CC(=O)C(C(C)=O)C1COCC(C)N1C(=O)OC(C)(C)C. The summed E-state index contributed by atoms with van der Waals surface area (Å²) in [5.41, 5.74) is -0.637. The smallest absolute Gasteiger partial charge is 0.410 e. The fourth-order valence-electron chi connectivity index (χ4n) is 2.56. The van der Waals surface area contributed by atoms with Gasteiger partial charge in [-0.15, -0.1) is 0 Å². The zero-order chi connectivity index (χ0) is 16.4. The Hall–Kier alpha value is -1.43. The molecule has 0 radical (unpaired) electrons. The molecular weight excluding hydrogens is 274 g/mol. The van der Waals surface area contributed by atoms with Gasteiger partial charge in [-0.1, -0.05) is 0 Å². The van der Waals surface area contributed by atoms with Gasteiger partial charge < -0.3 is 9.47 Å². The molecule has 0 aromatic carbocycles. The molecule has 1 saturated heterocycles. The number of ketones is 2. The largest absolute Gasteiger partial charge is 0.444 e. The van der Waals surface area contributed by atoms with E-state index < -0.39 is 23.7 Å². The van der Waals surface area contributed by atoms with Gasteiger partial charge in [0.2, 0.25) is 0 Å². The Balaban J connectivity index is 3.06. The molecular formula is C15H25NO5. The van der Waals surface area contributed by atoms with Crippen LogP contribution in [0.25, 0.3) is 0 Å². The maximum atomic E-state index is 12.4. The lowest BCUT2D eigenvalue weighted by atomic mass is 9.90. The molecule has 1 aliphatic rings. The van der Waals surface area contributed by atoms with E-state index in [-0.39, 0.29) is 24.2 Å². The minimum Gasteiger partial charge on any atom is -0.444 e. The third kappa shape index (κ3) is 4.52. The number of carbonyl (C=O) groups is 3. The van der Waals surface area contributed by atoms with Crippen molar-refractivity contribution in [2.24, 2.45) is 5.92 Å². The second-order valence-corrected chi connectivity index (χ2v) is 6.54. The number of Topliss-reactive ketones (excluding diaryl/α,β-unsaturated/α-hetero) is 2. The molecule has 2 unspecified atom stereocenters. The Labute approximate surface area is 125 Å². The van der Waals surface area contributed by atoms with E-state index in [0.717, 1.165) is 0 Å². The number of nitrogens with zero attached hydrogens (tertiary/aromatic N) is 1. The van der Waals surface area contributed by atoms with Crippen LogP contribution in [0.4, 0.5) is 4.79 Å². The van der Waals surface area contributed by atoms with E-state index in [1.807, 2.05) is 6.92 Å². The highest BCUT2D eigenvalue weighted by Crippen LogP contribution is 2.24. The summed E-state index contributed by atoms with van der Waals surface area (Å²) in [5.74, 6) is -1.40. The normalized spacial score (nSPS) is 23.1. The third-order valence-electron chi connectivity index (χ3n) is 3.34. The second-order valence-electron chi connectivity index (χ2n) is 6.54. The zero-order valence-electron chi connectivity index (χ0n) is 13.6. The fraction of sp³-hybridized carbons (Fsp3) is 0.800. The Morgan fingerprint density at radius 3 is 2.10 bits per heavy atom. The van der Waals surface area contributed by atoms with E-state index in [2.05, 4.69) is 0 Å². The van der Waals surface area contributed by atoms with Crippen LogP contribution < -0.4 is 0 Å². The van der Waals surface area contributed by atoms with Gasteiger partial charge in [-0.05, 0) is 41.5 Å². The number of carbonyl (C=O) groups excluding carboxylic acids is 3. The van der Waals surface area contributed by atoms with Gasteiger partial charge in [0.15, 0.2) is 0 Å². The molecule has 0 bridgehead atoms. The molecule has 6 heteroatoms. The Morgan fingerprint density at radius 1 is 1.14 bits per heavy atom. The molecule has 0 aliphatic carbocycles. The molecule has 1 fully saturated rings. The molecule has 0 saturated carbocycles. The predicted octanol–water partition coefficient (Wildman–Crippen LogP) is 1.80. The predicted molar refractivity (Wildman–Crippen MR) is 77.0 cm³/mol. The van der Waals surface area contributed by atoms with Crippen molar-refractivity contribution in [2.75, 3.05) is 13.2 Å². The summed E-state index contributed by atoms with van der Waals surface area (Å²) in [5, 5.41) is 0. The van der Waals surface area contributed by atoms with Crippen molar-refractivity contribution in [2.45, 2.75) is 59.2 Å². The van der Waals surface area contributed by atoms with Crippen LogP contribution in [0.5, 0.6) is 0 Å². The number of hydrogen-bond acceptors (Lipinski definition) is 5. The van der Waals surface area contributed by atoms with Crippen LogP contribution in [-0.4, -0.2) is 53.5 Å². The van der Waals surface area contributed by atoms with Crippen LogP contribution in [-0.2, 0) is 19.1 Å². The molecule has 1 amide bonds. The minimum atomic E-state index is -0.875. The van der Waals surface area contributed by atoms with Crippen molar-refractivity contribution >= 4 is 17.7 Å². The maximum Gasteiger partial charge on any atom is 0.410 e. The summed E-state index contributed by atoms with van der Waals surface area (Å²) in [7, 11) is 0. The molecule has 0 aromatic rings. The molecule has 1 aliphatic heterocycles. The van der Waals surface area contributed by atoms with E-state index in [1.165, 1.54) is 18.7 Å². The van der Waals surface area contributed by atoms with Crippen LogP contribution >= 0.6 is 0 Å². The van der Waals surface area contributed by atoms with Crippen molar-refractivity contribution in [1.29, 1.82) is 0 Å². The molecule has 0 N–H and O–H groups in total. The summed E-state index contributed by atoms with van der Waals surface area (Å²) in [6.45, 7) is 10.4. The number of rotatable bonds is 3. The summed E-state index contributed by atoms with van der Waals surface area (Å²) >= 11 is 0. The molecule has 0 spiro atoms. The first-order valence-electron chi connectivity index (χ1n) is 7.14. The molecule has 1 heterocycles. The summed E-state index contributed by atoms with van der Waals surface area (Å²) in [6, 6.07) is -0.863. The lowest BCUT2D eigenvalue weighted by Crippen LogP contribution is -2.59. The fourth-order valence-corrected chi connectivity index (χ4v) is 2.56. The van der Waals surface area contributed by atoms with Crippen LogP contribution in [0.15, 0.2) is 0 Å². The average molecular weight is 299 g/mol. The van der Waals surface area contributed by atoms with E-state index in [1.54, 1.807) is 20.8 Å². The summed E-state index contributed by atoms with van der Waals surface area (Å²) in [4.78, 5) is 37.5. The van der Waals surface area contributed by atoms with Gasteiger partial charge in [-0.2, -0.15) is 0 Å². The lowest BCUT2D eigenvalue weighted by Gasteiger charge is -2.42. The number of ether oxygens (including phenoxy) is 2. The highest BCUT2D eigenvalue weighted by molar-refractivity contribution is 6.01. The first-order valence-corrected chi connectivity index (χ1v) is 7.14. The van der Waals surface area contributed by atoms with Gasteiger partial charge in [0.05, 0.1) is 31.2 Å². The first kappa shape index (κ1) is 17.6. The van der Waals surface area contributed by atoms with E-state index in [0.29, 0.717) is 6.61 Å². The van der Waals surface area contributed by atoms with Crippen LogP contribution in [0.2, 0.25) is 0 Å². The Kier molecular flexibility index (Phi) is 5.50. The van der Waals surface area contributed by atoms with Crippen LogP contribution in [0, 0.1) is 5.92 Å². The van der Waals surface area contributed by atoms with Crippen LogP contribution in [0.3, 0.4) is 0 Å². The average Bonchev–Trinajstić information content (AvgIpc) is 2.25. The molecule has 6 nitrogen and oxygen atoms in total. The summed E-state index contributed by atoms with van der Waals surface area (Å²) in [6.07, 6.45) is -0.518. The van der Waals surface area contributed by atoms with Crippen molar-refractivity contribution < 1.29 is 23.9 Å². The van der Waals surface area contributed by atoms with E-state index in [4.69, 9.17) is 9.47 Å². The van der Waals surface area contributed by atoms with Crippen molar-refractivity contribution in [3.05, 3.63) is 0 Å². The van der Waals surface area contributed by atoms with E-state index in [9.17, 15) is 14.4 Å². The lowest BCUT2D eigenvalue weighted by molar-refractivity contribution is -0.138. The standard InChI is InChI=1S/C15H25NO5/c1-9-7-20-8-12(13(10(2)17)11(3)18)16(9)14(19)21-15(4,5)6/h9,12-13H,7-8H2,1-6H3. The number of hydrogen-bond donors (Lipinski definition) is 0. The number of amides is 1. The van der Waals surface area contributed by atoms with Gasteiger partial charge in [0, 0.05) is 0 Å². The van der Waals surface area contributed by atoms with Crippen molar-refractivity contribution in [3.8, 4) is 0 Å². The van der Waals surface area contributed by atoms with Crippen molar-refractivity contribution in [1.82, 2.24) is 4.90 Å². The number of morpholine rings is 1. The van der Waals surface area contributed by atoms with Gasteiger partial charge >= 0.3 is 6.09 Å². The zero-order valence-corrected chi connectivity index (χ0v) is 13.6. The van der Waals surface area contributed by atoms with E-state index >= 15 is 0 Å². The maximum absolute atomic E-state index is 12.4. The molecule has 21 heavy (non-hydrogen) atoms. The molecule has 1 rings (SSSR count). The van der Waals surface area contributed by atoms with Crippen LogP contribution in [0.1, 0.15) is 41.5 Å². The Bertz CT molecular complexity index is 412. The highest BCUT2D eigenvalue weighted by atomic mass is 16.6. The third-order valence-corrected chi connectivity index (χ3v) is 3.34.